The Hall–Kier alpha value is -2.15. The van der Waals surface area contributed by atoms with E-state index in [1.54, 1.807) is 24.3 Å². The number of aromatic nitrogens is 1. The van der Waals surface area contributed by atoms with E-state index in [4.69, 9.17) is 0 Å². The number of hydrogen-bond donors (Lipinski definition) is 0. The van der Waals surface area contributed by atoms with Crippen molar-refractivity contribution in [2.75, 3.05) is 7.11 Å². The van der Waals surface area contributed by atoms with Crippen LogP contribution < -0.4 is 4.74 Å². The van der Waals surface area contributed by atoms with E-state index < -0.39 is 34.6 Å². The summed E-state index contributed by atoms with van der Waals surface area (Å²) in [5, 5.41) is -0.133. The number of halogens is 4. The average Bonchev–Trinajstić information content (AvgIpc) is 2.89. The van der Waals surface area contributed by atoms with Crippen molar-refractivity contribution in [3.8, 4) is 16.3 Å². The van der Waals surface area contributed by atoms with E-state index in [1.165, 1.54) is 0 Å². The molecule has 0 saturated carbocycles. The lowest BCUT2D eigenvalue weighted by Crippen LogP contribution is -2.03. The zero-order valence-electron chi connectivity index (χ0n) is 10.6. The molecule has 0 fully saturated rings. The van der Waals surface area contributed by atoms with Gasteiger partial charge < -0.3 is 4.74 Å². The summed E-state index contributed by atoms with van der Waals surface area (Å²) in [6.45, 7) is 0. The number of thiazole rings is 1. The first kappa shape index (κ1) is 13.8. The van der Waals surface area contributed by atoms with Gasteiger partial charge in [-0.15, -0.1) is 11.3 Å². The molecule has 0 N–H and O–H groups in total. The van der Waals surface area contributed by atoms with Gasteiger partial charge in [-0.3, -0.25) is 0 Å². The molecule has 0 saturated heterocycles. The van der Waals surface area contributed by atoms with Gasteiger partial charge in [0.1, 0.15) is 5.01 Å². The predicted molar refractivity (Wildman–Crippen MR) is 71.4 cm³/mol. The molecule has 1 aromatic heterocycles. The van der Waals surface area contributed by atoms with E-state index in [0.29, 0.717) is 10.2 Å². The molecule has 0 spiro atoms. The normalized spacial score (nSPS) is 11.1. The van der Waals surface area contributed by atoms with Crippen LogP contribution >= 0.6 is 11.3 Å². The molecule has 0 bridgehead atoms. The first-order valence-corrected chi connectivity index (χ1v) is 6.62. The largest absolute Gasteiger partial charge is 0.491 e. The third-order valence-electron chi connectivity index (χ3n) is 2.93. The average molecular weight is 313 g/mol. The van der Waals surface area contributed by atoms with Crippen LogP contribution in [0.25, 0.3) is 20.8 Å². The van der Waals surface area contributed by atoms with Gasteiger partial charge in [0.25, 0.3) is 0 Å². The Morgan fingerprint density at radius 2 is 1.57 bits per heavy atom. The van der Waals surface area contributed by atoms with Crippen LogP contribution in [0.5, 0.6) is 5.75 Å². The Morgan fingerprint density at radius 1 is 0.952 bits per heavy atom. The summed E-state index contributed by atoms with van der Waals surface area (Å²) in [7, 11) is 0.928. The van der Waals surface area contributed by atoms with E-state index in [2.05, 4.69) is 9.72 Å². The van der Waals surface area contributed by atoms with Crippen LogP contribution in [0, 0.1) is 23.3 Å². The van der Waals surface area contributed by atoms with E-state index >= 15 is 0 Å². The van der Waals surface area contributed by atoms with E-state index in [1.807, 2.05) is 0 Å². The number of nitrogens with zero attached hydrogens (tertiary/aromatic N) is 1. The zero-order chi connectivity index (χ0) is 15.1. The molecular formula is C14H7F4NOS. The van der Waals surface area contributed by atoms with Crippen molar-refractivity contribution < 1.29 is 22.3 Å². The van der Waals surface area contributed by atoms with Crippen LogP contribution in [-0.4, -0.2) is 12.1 Å². The number of hydrogen-bond acceptors (Lipinski definition) is 3. The van der Waals surface area contributed by atoms with Crippen LogP contribution in [0.4, 0.5) is 17.6 Å². The molecule has 3 rings (SSSR count). The maximum Gasteiger partial charge on any atom is 0.204 e. The summed E-state index contributed by atoms with van der Waals surface area (Å²) >= 11 is 0.944. The van der Waals surface area contributed by atoms with Crippen molar-refractivity contribution in [3.63, 3.8) is 0 Å². The Labute approximate surface area is 120 Å². The van der Waals surface area contributed by atoms with Crippen molar-refractivity contribution >= 4 is 21.6 Å². The Bertz CT molecular complexity index is 784. The maximum atomic E-state index is 14.0. The summed E-state index contributed by atoms with van der Waals surface area (Å²) in [6.07, 6.45) is 0. The van der Waals surface area contributed by atoms with Gasteiger partial charge in [0.15, 0.2) is 17.4 Å². The van der Waals surface area contributed by atoms with Gasteiger partial charge in [-0.1, -0.05) is 12.1 Å². The van der Waals surface area contributed by atoms with Crippen LogP contribution in [-0.2, 0) is 0 Å². The fourth-order valence-electron chi connectivity index (χ4n) is 1.96. The number of para-hydroxylation sites is 1. The van der Waals surface area contributed by atoms with Gasteiger partial charge in [-0.2, -0.15) is 8.78 Å². The number of benzene rings is 2. The second kappa shape index (κ2) is 5.00. The molecule has 0 unspecified atom stereocenters. The van der Waals surface area contributed by atoms with Crippen LogP contribution in [0.2, 0.25) is 0 Å². The lowest BCUT2D eigenvalue weighted by molar-refractivity contribution is 0.334. The molecule has 7 heteroatoms. The Morgan fingerprint density at radius 3 is 2.14 bits per heavy atom. The highest BCUT2D eigenvalue weighted by molar-refractivity contribution is 7.21. The van der Waals surface area contributed by atoms with Crippen molar-refractivity contribution in [1.82, 2.24) is 4.98 Å². The van der Waals surface area contributed by atoms with E-state index in [0.717, 1.165) is 18.4 Å². The van der Waals surface area contributed by atoms with Crippen LogP contribution in [0.1, 0.15) is 0 Å². The maximum absolute atomic E-state index is 14.0. The van der Waals surface area contributed by atoms with Gasteiger partial charge in [0, 0.05) is 0 Å². The number of ether oxygens (including phenoxy) is 1. The minimum Gasteiger partial charge on any atom is -0.491 e. The lowest BCUT2D eigenvalue weighted by atomic mass is 10.1. The fourth-order valence-corrected chi connectivity index (χ4v) is 2.96. The first-order chi connectivity index (χ1) is 10.0. The number of fused-ring (bicyclic) bond motifs is 1. The van der Waals surface area contributed by atoms with Crippen molar-refractivity contribution in [2.24, 2.45) is 0 Å². The summed E-state index contributed by atoms with van der Waals surface area (Å²) < 4.78 is 60.4. The number of rotatable bonds is 2. The second-order valence-electron chi connectivity index (χ2n) is 4.15. The van der Waals surface area contributed by atoms with Gasteiger partial charge in [0.05, 0.1) is 22.9 Å². The second-order valence-corrected chi connectivity index (χ2v) is 5.18. The smallest absolute Gasteiger partial charge is 0.204 e. The lowest BCUT2D eigenvalue weighted by Gasteiger charge is -2.09. The molecule has 0 atom stereocenters. The minimum atomic E-state index is -1.58. The van der Waals surface area contributed by atoms with E-state index in [-0.39, 0.29) is 5.01 Å². The molecule has 3 aromatic rings. The third kappa shape index (κ3) is 2.04. The summed E-state index contributed by atoms with van der Waals surface area (Å²) in [6, 6.07) is 6.77. The Balaban J connectivity index is 2.32. The molecule has 21 heavy (non-hydrogen) atoms. The molecule has 0 radical (unpaired) electrons. The minimum absolute atomic E-state index is 0.133. The van der Waals surface area contributed by atoms with Gasteiger partial charge in [0.2, 0.25) is 11.6 Å². The standard InChI is InChI=1S/C14H7F4NOS/c1-20-13-11(17)9(15)8(10(16)12(13)18)14-19-6-4-2-3-5-7(6)21-14/h2-5H,1H3. The predicted octanol–water partition coefficient (Wildman–Crippen LogP) is 4.53. The molecule has 0 amide bonds. The molecular weight excluding hydrogens is 306 g/mol. The monoisotopic (exact) mass is 313 g/mol. The van der Waals surface area contributed by atoms with Crippen molar-refractivity contribution in [3.05, 3.63) is 47.5 Å². The third-order valence-corrected chi connectivity index (χ3v) is 3.99. The highest BCUT2D eigenvalue weighted by Gasteiger charge is 2.28. The topological polar surface area (TPSA) is 22.1 Å². The SMILES string of the molecule is COc1c(F)c(F)c(-c2nc3ccccc3s2)c(F)c1F. The van der Waals surface area contributed by atoms with Gasteiger partial charge in [-0.05, 0) is 12.1 Å². The van der Waals surface area contributed by atoms with Crippen LogP contribution in [0.3, 0.4) is 0 Å². The molecule has 0 aliphatic carbocycles. The van der Waals surface area contributed by atoms with Gasteiger partial charge >= 0.3 is 0 Å². The quantitative estimate of drug-likeness (QED) is 0.512. The van der Waals surface area contributed by atoms with Crippen molar-refractivity contribution in [1.29, 1.82) is 0 Å². The molecule has 2 nitrogen and oxygen atoms in total. The van der Waals surface area contributed by atoms with Gasteiger partial charge in [-0.25, -0.2) is 13.8 Å². The highest BCUT2D eigenvalue weighted by Crippen LogP contribution is 2.38. The van der Waals surface area contributed by atoms with E-state index in [9.17, 15) is 17.6 Å². The molecule has 0 aliphatic heterocycles. The van der Waals surface area contributed by atoms with Crippen LogP contribution in [0.15, 0.2) is 24.3 Å². The summed E-state index contributed by atoms with van der Waals surface area (Å²) in [5.74, 6) is -7.29. The molecule has 108 valence electrons. The zero-order valence-corrected chi connectivity index (χ0v) is 11.4. The first-order valence-electron chi connectivity index (χ1n) is 5.80. The Kier molecular flexibility index (Phi) is 3.29. The summed E-state index contributed by atoms with van der Waals surface area (Å²) in [5.41, 5.74) is -0.333. The van der Waals surface area contributed by atoms with Crippen molar-refractivity contribution in [2.45, 2.75) is 0 Å². The molecule has 0 aliphatic rings. The number of methoxy groups -OCH3 is 1. The molecule has 2 aromatic carbocycles. The fraction of sp³-hybridized carbons (Fsp3) is 0.0714. The summed E-state index contributed by atoms with van der Waals surface area (Å²) in [4.78, 5) is 4.01. The highest BCUT2D eigenvalue weighted by atomic mass is 32.1. The molecule has 1 heterocycles.